The van der Waals surface area contributed by atoms with Gasteiger partial charge < -0.3 is 56.9 Å². The molecule has 12 rings (SSSR count). The normalized spacial score (nSPS) is 10.7. The van der Waals surface area contributed by atoms with Gasteiger partial charge in [0.05, 0.1) is 72.9 Å². The largest absolute Gasteiger partial charge is 0.395 e. The number of ether oxygens (including phenoxy) is 1. The number of unbranched alkanes of at least 4 members (excludes halogenated alkanes) is 1. The first kappa shape index (κ1) is 84.7. The van der Waals surface area contributed by atoms with Crippen LogP contribution in [0.3, 0.4) is 0 Å². The predicted molar refractivity (Wildman–Crippen MR) is 454 cm³/mol. The SMILES string of the molecule is CN(C)CCCCc1ccc(C(=O)Nc2ccc(Cl)c(-c3ccccn3)c2)cc1.CN(C)CCNCc1ccc(C(=O)Nc2ccc(Cl)c(-c3ccccn3)c2)cc1.COCCNc1ccc(C(=O)Nc2ccc(Cl)c(-c3ccccn3)c2)cn1.Cc1nc(NCCO)ccc1C(=O)Nc1ccc(Cl)c(-c2ccccn2)c1. The summed E-state index contributed by atoms with van der Waals surface area (Å²) < 4.78 is 4.97. The second-order valence-corrected chi connectivity index (χ2v) is 27.5. The topological polar surface area (TPSA) is 266 Å². The number of carbonyl (C=O) groups excluding carboxylic acids is 4. The number of aromatic nitrogens is 6. The Balaban J connectivity index is 0.000000172. The molecule has 6 aromatic heterocycles. The van der Waals surface area contributed by atoms with Crippen LogP contribution < -0.4 is 37.2 Å². The molecule has 8 N–H and O–H groups in total. The van der Waals surface area contributed by atoms with Gasteiger partial charge in [0.15, 0.2) is 0 Å². The third-order valence-corrected chi connectivity index (χ3v) is 18.2. The number of carbonyl (C=O) groups is 4. The minimum absolute atomic E-state index is 0.0120. The zero-order valence-electron chi connectivity index (χ0n) is 63.0. The lowest BCUT2D eigenvalue weighted by molar-refractivity contribution is 0.101. The molecule has 0 spiro atoms. The van der Waals surface area contributed by atoms with Gasteiger partial charge in [-0.25, -0.2) is 9.97 Å². The van der Waals surface area contributed by atoms with Gasteiger partial charge in [0.25, 0.3) is 23.6 Å². The molecular weight excluding hydrogens is 1490 g/mol. The van der Waals surface area contributed by atoms with E-state index in [9.17, 15) is 19.2 Å². The van der Waals surface area contributed by atoms with Gasteiger partial charge in [0.1, 0.15) is 11.6 Å². The maximum Gasteiger partial charge on any atom is 0.257 e. The van der Waals surface area contributed by atoms with Crippen molar-refractivity contribution in [1.29, 1.82) is 0 Å². The van der Waals surface area contributed by atoms with Crippen molar-refractivity contribution in [2.24, 2.45) is 0 Å². The van der Waals surface area contributed by atoms with Gasteiger partial charge in [0.2, 0.25) is 0 Å². The van der Waals surface area contributed by atoms with Crippen molar-refractivity contribution in [2.75, 3.05) is 113 Å². The van der Waals surface area contributed by atoms with Gasteiger partial charge in [-0.05, 0) is 242 Å². The van der Waals surface area contributed by atoms with Crippen LogP contribution in [0.15, 0.2) is 249 Å². The number of methoxy groups -OCH3 is 1. The van der Waals surface area contributed by atoms with Crippen LogP contribution >= 0.6 is 46.4 Å². The van der Waals surface area contributed by atoms with Crippen molar-refractivity contribution in [3.8, 4) is 45.0 Å². The van der Waals surface area contributed by atoms with Gasteiger partial charge in [-0.2, -0.15) is 0 Å². The number of aliphatic hydroxyl groups excluding tert-OH is 1. The molecule has 576 valence electrons. The van der Waals surface area contributed by atoms with Crippen LogP contribution in [0.2, 0.25) is 20.1 Å². The standard InChI is InChI=1S/C24H26ClN3O.C23H25ClN4O.2C20H19ClN4O2/c1-28(2)16-6-4-7-18-9-11-19(12-10-18)24(29)27-20-13-14-22(25)21(17-20)23-8-3-5-15-26-23;1-28(2)14-13-25-16-17-6-8-18(9-7-17)23(29)27-19-10-11-21(24)20(15-19)22-5-3-4-12-26-22;1-27-11-10-23-19-8-5-14(13-24-19)20(26)25-15-6-7-17(21)16(12-15)18-4-2-3-9-22-18;1-13-15(6-8-19(24-13)23-10-11-26)20(27)25-14-5-7-17(21)16(12-14)18-4-2-3-9-22-18/h3,5,8-15,17H,4,6-7,16H2,1-2H3,(H,27,29);3-12,15,25H,13-14,16H2,1-2H3,(H,27,29);2-9,12-13H,10-11H2,1H3,(H,23,24)(H,25,26);2-9,12,26H,10-11H2,1H3,(H,23,24)(H,25,27). The van der Waals surface area contributed by atoms with Crippen LogP contribution in [0.1, 0.15) is 71.1 Å². The molecule has 6 aromatic carbocycles. The fourth-order valence-corrected chi connectivity index (χ4v) is 11.8. The lowest BCUT2D eigenvalue weighted by Crippen LogP contribution is -2.26. The van der Waals surface area contributed by atoms with Crippen molar-refractivity contribution in [3.05, 3.63) is 309 Å². The van der Waals surface area contributed by atoms with Crippen molar-refractivity contribution in [1.82, 2.24) is 45.0 Å². The highest BCUT2D eigenvalue weighted by Gasteiger charge is 2.17. The quantitative estimate of drug-likeness (QED) is 0.0203. The Labute approximate surface area is 673 Å². The highest BCUT2D eigenvalue weighted by molar-refractivity contribution is 6.34. The van der Waals surface area contributed by atoms with E-state index < -0.39 is 0 Å². The first-order chi connectivity index (χ1) is 54.3. The van der Waals surface area contributed by atoms with Crippen LogP contribution in [-0.4, -0.2) is 150 Å². The third-order valence-electron chi connectivity index (χ3n) is 16.9. The third kappa shape index (κ3) is 27.0. The van der Waals surface area contributed by atoms with Crippen LogP contribution in [0.25, 0.3) is 45.0 Å². The number of pyridine rings is 6. The minimum atomic E-state index is -0.261. The van der Waals surface area contributed by atoms with E-state index in [1.807, 2.05) is 133 Å². The van der Waals surface area contributed by atoms with Gasteiger partial charge >= 0.3 is 0 Å². The van der Waals surface area contributed by atoms with Crippen molar-refractivity contribution in [3.63, 3.8) is 0 Å². The summed E-state index contributed by atoms with van der Waals surface area (Å²) >= 11 is 25.2. The summed E-state index contributed by atoms with van der Waals surface area (Å²) in [6, 6.07) is 66.2. The van der Waals surface area contributed by atoms with Crippen LogP contribution in [0.5, 0.6) is 0 Å². The predicted octanol–water partition coefficient (Wildman–Crippen LogP) is 17.7. The van der Waals surface area contributed by atoms with Crippen molar-refractivity contribution in [2.45, 2.75) is 32.7 Å². The summed E-state index contributed by atoms with van der Waals surface area (Å²) in [5.74, 6) is 0.489. The molecule has 0 aliphatic heterocycles. The van der Waals surface area contributed by atoms with Crippen LogP contribution in [0, 0.1) is 6.92 Å². The number of benzene rings is 6. The fraction of sp³-hybridized carbons (Fsp3) is 0.195. The molecule has 6 heterocycles. The Kier molecular flexibility index (Phi) is 33.6. The van der Waals surface area contributed by atoms with Gasteiger partial charge in [0, 0.05) is 127 Å². The van der Waals surface area contributed by atoms with E-state index in [-0.39, 0.29) is 30.2 Å². The molecule has 0 saturated heterocycles. The summed E-state index contributed by atoms with van der Waals surface area (Å²) in [6.07, 6.45) is 11.7. The lowest BCUT2D eigenvalue weighted by Gasteiger charge is -2.11. The van der Waals surface area contributed by atoms with Crippen molar-refractivity contribution < 1.29 is 29.0 Å². The molecule has 0 unspecified atom stereocenters. The smallest absolute Gasteiger partial charge is 0.257 e. The van der Waals surface area contributed by atoms with E-state index in [0.717, 1.165) is 89.6 Å². The highest BCUT2D eigenvalue weighted by Crippen LogP contribution is 2.34. The molecule has 112 heavy (non-hydrogen) atoms. The molecule has 0 aliphatic rings. The first-order valence-electron chi connectivity index (χ1n) is 36.1. The average Bonchev–Trinajstić information content (AvgIpc) is 0.837. The molecule has 0 saturated carbocycles. The second-order valence-electron chi connectivity index (χ2n) is 25.9. The summed E-state index contributed by atoms with van der Waals surface area (Å²) in [5.41, 5.74) is 13.9. The molecule has 0 bridgehead atoms. The number of rotatable bonds is 29. The Morgan fingerprint density at radius 1 is 0.420 bits per heavy atom. The average molecular weight is 1580 g/mol. The van der Waals surface area contributed by atoms with Crippen LogP contribution in [0.4, 0.5) is 34.4 Å². The first-order valence-corrected chi connectivity index (χ1v) is 37.6. The second kappa shape index (κ2) is 44.5. The zero-order valence-corrected chi connectivity index (χ0v) is 66.1. The van der Waals surface area contributed by atoms with Crippen LogP contribution in [-0.2, 0) is 17.7 Å². The minimum Gasteiger partial charge on any atom is -0.395 e. The number of likely N-dealkylation sites (N-methyl/N-ethyl adjacent to an activating group) is 1. The molecule has 0 radical (unpaired) electrons. The number of nitrogens with one attached hydrogen (secondary N) is 7. The van der Waals surface area contributed by atoms with Gasteiger partial charge in [-0.1, -0.05) is 94.9 Å². The molecule has 0 atom stereocenters. The van der Waals surface area contributed by atoms with E-state index >= 15 is 0 Å². The molecule has 4 amide bonds. The molecular formula is C87H89Cl4N15O6. The Bertz CT molecular complexity index is 4830. The fourth-order valence-electron chi connectivity index (χ4n) is 11.0. The monoisotopic (exact) mass is 1580 g/mol. The molecule has 0 aliphatic carbocycles. The number of anilines is 6. The number of aryl methyl sites for hydroxylation is 2. The van der Waals surface area contributed by atoms with E-state index in [1.165, 1.54) is 18.2 Å². The van der Waals surface area contributed by atoms with E-state index in [2.05, 4.69) is 105 Å². The van der Waals surface area contributed by atoms with Gasteiger partial charge in [-0.3, -0.25) is 39.1 Å². The Morgan fingerprint density at radius 2 is 0.821 bits per heavy atom. The maximum absolute atomic E-state index is 12.6. The highest BCUT2D eigenvalue weighted by atomic mass is 35.5. The molecule has 12 aromatic rings. The summed E-state index contributed by atoms with van der Waals surface area (Å²) in [4.78, 5) is 80.5. The van der Waals surface area contributed by atoms with E-state index in [0.29, 0.717) is 102 Å². The molecule has 0 fully saturated rings. The number of aliphatic hydroxyl groups is 1. The van der Waals surface area contributed by atoms with E-state index in [4.69, 9.17) is 56.2 Å². The molecule has 21 nitrogen and oxygen atoms in total. The van der Waals surface area contributed by atoms with Crippen molar-refractivity contribution >= 4 is 104 Å². The number of halogens is 4. The Hall–Kier alpha value is -11.3. The number of nitrogens with zero attached hydrogens (tertiary/aromatic N) is 8. The summed E-state index contributed by atoms with van der Waals surface area (Å²) in [6.45, 7) is 7.20. The summed E-state index contributed by atoms with van der Waals surface area (Å²) in [7, 11) is 9.92. The molecule has 25 heteroatoms. The number of hydrogen-bond donors (Lipinski definition) is 8. The Morgan fingerprint density at radius 3 is 1.21 bits per heavy atom. The van der Waals surface area contributed by atoms with Gasteiger partial charge in [-0.15, -0.1) is 0 Å². The number of amides is 4. The summed E-state index contributed by atoms with van der Waals surface area (Å²) in [5, 5.41) is 32.3. The lowest BCUT2D eigenvalue weighted by atomic mass is 10.1. The maximum atomic E-state index is 12.6. The zero-order chi connectivity index (χ0) is 79.6. The number of hydrogen-bond acceptors (Lipinski definition) is 17. The van der Waals surface area contributed by atoms with E-state index in [1.54, 1.807) is 124 Å².